The predicted molar refractivity (Wildman–Crippen MR) is 204 cm³/mol. The van der Waals surface area contributed by atoms with Crippen molar-refractivity contribution in [1.82, 2.24) is 25.5 Å². The van der Waals surface area contributed by atoms with Crippen molar-refractivity contribution in [3.8, 4) is 11.1 Å². The fourth-order valence-corrected chi connectivity index (χ4v) is 6.99. The molecular weight excluding hydrogens is 691 g/mol. The van der Waals surface area contributed by atoms with E-state index < -0.39 is 6.29 Å². The van der Waals surface area contributed by atoms with E-state index in [-0.39, 0.29) is 30.6 Å². The Bertz CT molecular complexity index is 1970. The summed E-state index contributed by atoms with van der Waals surface area (Å²) in [6.07, 6.45) is 2.67. The number of rotatable bonds is 16. The van der Waals surface area contributed by atoms with E-state index >= 15 is 0 Å². The number of nitrogen functional groups attached to an aromatic ring is 1. The lowest BCUT2D eigenvalue weighted by molar-refractivity contribution is -0.245. The number of unbranched alkanes of at least 4 members (excludes halogenated alkanes) is 2. The number of aliphatic hydroxyl groups is 1. The Morgan fingerprint density at radius 2 is 1.62 bits per heavy atom. The Morgan fingerprint density at radius 1 is 0.868 bits per heavy atom. The van der Waals surface area contributed by atoms with Crippen LogP contribution in [0.15, 0.2) is 102 Å². The molecule has 6 rings (SSSR count). The standard InChI is InChI=1S/C40H45N7O5S/c1-47-40(44-45-46-47)53-26-33-23-36(29-19-17-27(25-48)18-20-29)52-39(51-33)32-12-8-11-31(22-32)30-10-7-9-28(21-30)24-42-37(49)15-3-2-4-16-38(50)43-35-14-6-5-13-34(35)41/h5-14,17-22,33,36,39,48H,2-4,15-16,23-26,41H2,1H3,(H,42,49)(H,43,50). The van der Waals surface area contributed by atoms with E-state index in [0.717, 1.165) is 39.8 Å². The molecule has 53 heavy (non-hydrogen) atoms. The zero-order chi connectivity index (χ0) is 37.0. The van der Waals surface area contributed by atoms with Gasteiger partial charge in [-0.25, -0.2) is 4.68 Å². The number of hydrogen-bond acceptors (Lipinski definition) is 10. The fraction of sp³-hybridized carbons (Fsp3) is 0.325. The maximum absolute atomic E-state index is 12.6. The molecule has 1 aromatic heterocycles. The maximum atomic E-state index is 12.6. The number of carbonyl (C=O) groups excluding carboxylic acids is 2. The largest absolute Gasteiger partial charge is 0.397 e. The van der Waals surface area contributed by atoms with Crippen LogP contribution in [-0.2, 0) is 39.3 Å². The van der Waals surface area contributed by atoms with E-state index in [0.29, 0.717) is 60.9 Å². The van der Waals surface area contributed by atoms with Gasteiger partial charge in [0, 0.05) is 44.2 Å². The van der Waals surface area contributed by atoms with Gasteiger partial charge in [-0.15, -0.1) is 5.10 Å². The zero-order valence-corrected chi connectivity index (χ0v) is 30.5. The van der Waals surface area contributed by atoms with Gasteiger partial charge in [0.2, 0.25) is 17.0 Å². The minimum absolute atomic E-state index is 0.0154. The van der Waals surface area contributed by atoms with Gasteiger partial charge in [0.25, 0.3) is 0 Å². The monoisotopic (exact) mass is 735 g/mol. The topological polar surface area (TPSA) is 167 Å². The molecule has 0 aliphatic carbocycles. The molecule has 0 radical (unpaired) electrons. The number of anilines is 2. The number of nitrogens with one attached hydrogen (secondary N) is 2. The van der Waals surface area contributed by atoms with E-state index in [9.17, 15) is 14.7 Å². The molecule has 0 bridgehead atoms. The summed E-state index contributed by atoms with van der Waals surface area (Å²) in [4.78, 5) is 24.9. The summed E-state index contributed by atoms with van der Waals surface area (Å²) in [6.45, 7) is 0.401. The number of aliphatic hydroxyl groups excluding tert-OH is 1. The number of thioether (sulfide) groups is 1. The van der Waals surface area contributed by atoms with Crippen LogP contribution in [0, 0.1) is 0 Å². The molecule has 2 heterocycles. The smallest absolute Gasteiger partial charge is 0.224 e. The summed E-state index contributed by atoms with van der Waals surface area (Å²) < 4.78 is 14.8. The minimum atomic E-state index is -0.603. The van der Waals surface area contributed by atoms with Crippen LogP contribution in [0.5, 0.6) is 0 Å². The normalized spacial score (nSPS) is 17.0. The third kappa shape index (κ3) is 10.7. The molecule has 5 N–H and O–H groups in total. The Balaban J connectivity index is 1.03. The third-order valence-corrected chi connectivity index (χ3v) is 10.2. The van der Waals surface area contributed by atoms with Crippen molar-refractivity contribution in [2.45, 2.75) is 75.3 Å². The lowest BCUT2D eigenvalue weighted by Crippen LogP contribution is -2.31. The molecule has 3 atom stereocenters. The van der Waals surface area contributed by atoms with Crippen LogP contribution in [0.4, 0.5) is 11.4 Å². The molecule has 1 aliphatic heterocycles. The van der Waals surface area contributed by atoms with E-state index in [1.54, 1.807) is 28.6 Å². The highest BCUT2D eigenvalue weighted by atomic mass is 32.2. The van der Waals surface area contributed by atoms with Crippen molar-refractivity contribution in [3.63, 3.8) is 0 Å². The first-order chi connectivity index (χ1) is 25.8. The van der Waals surface area contributed by atoms with Gasteiger partial charge in [-0.3, -0.25) is 9.59 Å². The van der Waals surface area contributed by atoms with Crippen LogP contribution in [0.3, 0.4) is 0 Å². The number of amides is 2. The zero-order valence-electron chi connectivity index (χ0n) is 29.7. The number of carbonyl (C=O) groups is 2. The molecular formula is C40H45N7O5S. The molecule has 0 spiro atoms. The van der Waals surface area contributed by atoms with Gasteiger partial charge < -0.3 is 30.9 Å². The number of nitrogens with zero attached hydrogens (tertiary/aromatic N) is 4. The second-order valence-corrected chi connectivity index (χ2v) is 14.0. The highest BCUT2D eigenvalue weighted by molar-refractivity contribution is 7.99. The van der Waals surface area contributed by atoms with Crippen LogP contribution in [-0.4, -0.2) is 49.0 Å². The van der Waals surface area contributed by atoms with Gasteiger partial charge >= 0.3 is 0 Å². The number of para-hydroxylation sites is 2. The van der Waals surface area contributed by atoms with Crippen molar-refractivity contribution in [2.75, 3.05) is 16.8 Å². The lowest BCUT2D eigenvalue weighted by Gasteiger charge is -2.36. The number of aryl methyl sites for hydroxylation is 1. The quantitative estimate of drug-likeness (QED) is 0.0500. The second kappa shape index (κ2) is 18.6. The number of nitrogens with two attached hydrogens (primary N) is 1. The van der Waals surface area contributed by atoms with Crippen LogP contribution in [0.2, 0.25) is 0 Å². The first kappa shape index (κ1) is 37.7. The van der Waals surface area contributed by atoms with Crippen molar-refractivity contribution >= 4 is 35.0 Å². The highest BCUT2D eigenvalue weighted by Gasteiger charge is 2.32. The van der Waals surface area contributed by atoms with Gasteiger partial charge in [-0.1, -0.05) is 91.0 Å². The third-order valence-electron chi connectivity index (χ3n) is 9.05. The average Bonchev–Trinajstić information content (AvgIpc) is 3.61. The summed E-state index contributed by atoms with van der Waals surface area (Å²) >= 11 is 1.54. The van der Waals surface area contributed by atoms with Crippen LogP contribution >= 0.6 is 11.8 Å². The Labute approximate surface area is 313 Å². The van der Waals surface area contributed by atoms with Crippen LogP contribution in [0.25, 0.3) is 11.1 Å². The molecule has 3 unspecified atom stereocenters. The van der Waals surface area contributed by atoms with Gasteiger partial charge in [0.15, 0.2) is 6.29 Å². The summed E-state index contributed by atoms with van der Waals surface area (Å²) in [5, 5.41) is 27.9. The van der Waals surface area contributed by atoms with Gasteiger partial charge in [0.05, 0.1) is 30.2 Å². The fourth-order valence-electron chi connectivity index (χ4n) is 6.12. The van der Waals surface area contributed by atoms with Crippen LogP contribution in [0.1, 0.15) is 73.2 Å². The minimum Gasteiger partial charge on any atom is -0.397 e. The molecule has 0 saturated carbocycles. The number of aromatic nitrogens is 4. The molecule has 1 aliphatic rings. The molecule has 1 fully saturated rings. The van der Waals surface area contributed by atoms with Crippen molar-refractivity contribution in [2.24, 2.45) is 7.05 Å². The Hall–Kier alpha value is -5.08. The van der Waals surface area contributed by atoms with Gasteiger partial charge in [-0.2, -0.15) is 0 Å². The molecule has 4 aromatic carbocycles. The van der Waals surface area contributed by atoms with Crippen molar-refractivity contribution in [1.29, 1.82) is 0 Å². The first-order valence-electron chi connectivity index (χ1n) is 17.8. The van der Waals surface area contributed by atoms with Gasteiger partial charge in [0.1, 0.15) is 0 Å². The summed E-state index contributed by atoms with van der Waals surface area (Å²) in [7, 11) is 1.81. The van der Waals surface area contributed by atoms with E-state index in [2.05, 4.69) is 50.4 Å². The highest BCUT2D eigenvalue weighted by Crippen LogP contribution is 2.40. The Morgan fingerprint density at radius 3 is 2.38 bits per heavy atom. The Kier molecular flexibility index (Phi) is 13.2. The first-order valence-corrected chi connectivity index (χ1v) is 18.8. The number of benzene rings is 4. The number of ether oxygens (including phenoxy) is 2. The van der Waals surface area contributed by atoms with E-state index in [1.807, 2.05) is 67.7 Å². The van der Waals surface area contributed by atoms with Crippen molar-refractivity contribution in [3.05, 3.63) is 119 Å². The van der Waals surface area contributed by atoms with Crippen molar-refractivity contribution < 1.29 is 24.2 Å². The second-order valence-electron chi connectivity index (χ2n) is 13.0. The predicted octanol–water partition coefficient (Wildman–Crippen LogP) is 6.49. The molecule has 276 valence electrons. The molecule has 12 nitrogen and oxygen atoms in total. The van der Waals surface area contributed by atoms with E-state index in [4.69, 9.17) is 15.2 Å². The maximum Gasteiger partial charge on any atom is 0.224 e. The van der Waals surface area contributed by atoms with Crippen LogP contribution < -0.4 is 16.4 Å². The molecule has 2 amide bonds. The van der Waals surface area contributed by atoms with Gasteiger partial charge in [-0.05, 0) is 75.4 Å². The number of hydrogen-bond donors (Lipinski definition) is 4. The summed E-state index contributed by atoms with van der Waals surface area (Å²) in [5.74, 6) is 0.546. The molecule has 13 heteroatoms. The SMILES string of the molecule is Cn1nnnc1SCC1CC(c2ccc(CO)cc2)OC(c2cccc(-c3cccc(CNC(=O)CCCCCC(=O)Nc4ccccc4N)c3)c2)O1. The number of tetrazole rings is 1. The summed E-state index contributed by atoms with van der Waals surface area (Å²) in [6, 6.07) is 31.3. The summed E-state index contributed by atoms with van der Waals surface area (Å²) in [5.41, 5.74) is 12.8. The lowest BCUT2D eigenvalue weighted by atomic mass is 9.99. The molecule has 1 saturated heterocycles. The van der Waals surface area contributed by atoms with E-state index in [1.165, 1.54) is 0 Å². The average molecular weight is 736 g/mol. The molecule has 5 aromatic rings.